The fourth-order valence-corrected chi connectivity index (χ4v) is 1.74. The first-order chi connectivity index (χ1) is 10.2. The third-order valence-electron chi connectivity index (χ3n) is 3.47. The summed E-state index contributed by atoms with van der Waals surface area (Å²) in [6.45, 7) is 17.1. The van der Waals surface area contributed by atoms with Crippen LogP contribution in [-0.2, 0) is 0 Å². The molecule has 0 fully saturated rings. The molecule has 0 aromatic carbocycles. The van der Waals surface area contributed by atoms with Crippen LogP contribution in [0.4, 0.5) is 0 Å². The van der Waals surface area contributed by atoms with Crippen LogP contribution in [0.2, 0.25) is 0 Å². The molecule has 0 amide bonds. The van der Waals surface area contributed by atoms with Gasteiger partial charge in [0.05, 0.1) is 11.9 Å². The quantitative estimate of drug-likeness (QED) is 0.831. The van der Waals surface area contributed by atoms with Crippen molar-refractivity contribution in [3.63, 3.8) is 0 Å². The Morgan fingerprint density at radius 2 is 1.36 bits per heavy atom. The predicted octanol–water partition coefficient (Wildman–Crippen LogP) is 4.57. The molecule has 2 rings (SSSR count). The SMILES string of the molecule is CC(C)c1cn(C(C)C)nn1.CC(C)c1cnn(C(C)C)c1. The lowest BCUT2D eigenvalue weighted by Gasteiger charge is -2.03. The van der Waals surface area contributed by atoms with E-state index in [0.29, 0.717) is 23.9 Å². The van der Waals surface area contributed by atoms with Crippen molar-refractivity contribution >= 4 is 0 Å². The van der Waals surface area contributed by atoms with Crippen LogP contribution in [0.25, 0.3) is 0 Å². The lowest BCUT2D eigenvalue weighted by molar-refractivity contribution is 0.514. The summed E-state index contributed by atoms with van der Waals surface area (Å²) in [4.78, 5) is 0. The molecule has 0 unspecified atom stereocenters. The first kappa shape index (κ1) is 18.4. The summed E-state index contributed by atoms with van der Waals surface area (Å²) in [6.07, 6.45) is 6.08. The molecule has 0 saturated heterocycles. The van der Waals surface area contributed by atoms with E-state index in [1.54, 1.807) is 0 Å². The van der Waals surface area contributed by atoms with Crippen molar-refractivity contribution in [2.45, 2.75) is 79.3 Å². The van der Waals surface area contributed by atoms with Gasteiger partial charge in [0, 0.05) is 24.5 Å². The van der Waals surface area contributed by atoms with Crippen LogP contribution in [0.15, 0.2) is 18.6 Å². The molecule has 0 atom stereocenters. The number of rotatable bonds is 4. The molecule has 5 nitrogen and oxygen atoms in total. The van der Waals surface area contributed by atoms with Gasteiger partial charge in [-0.15, -0.1) is 5.10 Å². The summed E-state index contributed by atoms with van der Waals surface area (Å²) in [5, 5.41) is 12.3. The second-order valence-electron chi connectivity index (χ2n) is 6.87. The maximum Gasteiger partial charge on any atom is 0.0852 e. The van der Waals surface area contributed by atoms with E-state index in [0.717, 1.165) is 5.69 Å². The average Bonchev–Trinajstić information content (AvgIpc) is 3.09. The molecule has 0 radical (unpaired) electrons. The molecule has 22 heavy (non-hydrogen) atoms. The van der Waals surface area contributed by atoms with Gasteiger partial charge in [0.1, 0.15) is 0 Å². The second kappa shape index (κ2) is 8.11. The first-order valence-corrected chi connectivity index (χ1v) is 8.18. The first-order valence-electron chi connectivity index (χ1n) is 8.18. The standard InChI is InChI=1S/C9H16N2.C8H15N3/c1-7(2)9-5-10-11(6-9)8(3)4;1-6(2)8-5-11(7(3)4)10-9-8/h5-8H,1-4H3;5-7H,1-4H3. The van der Waals surface area contributed by atoms with E-state index in [2.05, 4.69) is 77.0 Å². The highest BCUT2D eigenvalue weighted by atomic mass is 15.4. The molecule has 0 aliphatic carbocycles. The Kier molecular flexibility index (Phi) is 6.78. The molecule has 2 heterocycles. The molecule has 0 aliphatic heterocycles. The molecule has 5 heteroatoms. The Balaban J connectivity index is 0.000000220. The summed E-state index contributed by atoms with van der Waals surface area (Å²) >= 11 is 0. The molecule has 2 aromatic rings. The molecule has 124 valence electrons. The lowest BCUT2D eigenvalue weighted by atomic mass is 10.1. The zero-order chi connectivity index (χ0) is 16.9. The zero-order valence-corrected chi connectivity index (χ0v) is 15.3. The van der Waals surface area contributed by atoms with Crippen LogP contribution in [0.5, 0.6) is 0 Å². The van der Waals surface area contributed by atoms with Crippen molar-refractivity contribution in [3.05, 3.63) is 29.8 Å². The van der Waals surface area contributed by atoms with E-state index in [-0.39, 0.29) is 0 Å². The van der Waals surface area contributed by atoms with Gasteiger partial charge in [-0.1, -0.05) is 32.9 Å². The van der Waals surface area contributed by atoms with Gasteiger partial charge in [0.25, 0.3) is 0 Å². The van der Waals surface area contributed by atoms with Crippen LogP contribution in [0, 0.1) is 0 Å². The topological polar surface area (TPSA) is 48.5 Å². The minimum atomic E-state index is 0.412. The Morgan fingerprint density at radius 1 is 0.773 bits per heavy atom. The Hall–Kier alpha value is -1.65. The minimum Gasteiger partial charge on any atom is -0.270 e. The molecule has 0 aliphatic rings. The van der Waals surface area contributed by atoms with Gasteiger partial charge in [0.15, 0.2) is 0 Å². The fourth-order valence-electron chi connectivity index (χ4n) is 1.74. The summed E-state index contributed by atoms with van der Waals surface area (Å²) in [5.74, 6) is 1.06. The largest absolute Gasteiger partial charge is 0.270 e. The molecule has 0 N–H and O–H groups in total. The van der Waals surface area contributed by atoms with Crippen LogP contribution < -0.4 is 0 Å². The van der Waals surface area contributed by atoms with Crippen LogP contribution >= 0.6 is 0 Å². The highest BCUT2D eigenvalue weighted by Crippen LogP contribution is 2.14. The van der Waals surface area contributed by atoms with Gasteiger partial charge in [-0.25, -0.2) is 4.68 Å². The van der Waals surface area contributed by atoms with Crippen molar-refractivity contribution < 1.29 is 0 Å². The third-order valence-corrected chi connectivity index (χ3v) is 3.47. The van der Waals surface area contributed by atoms with Gasteiger partial charge in [0.2, 0.25) is 0 Å². The normalized spacial score (nSPS) is 11.5. The van der Waals surface area contributed by atoms with Gasteiger partial charge >= 0.3 is 0 Å². The van der Waals surface area contributed by atoms with E-state index in [1.807, 2.05) is 21.8 Å². The monoisotopic (exact) mass is 305 g/mol. The third kappa shape index (κ3) is 5.28. The van der Waals surface area contributed by atoms with E-state index in [1.165, 1.54) is 5.56 Å². The minimum absolute atomic E-state index is 0.412. The summed E-state index contributed by atoms with van der Waals surface area (Å²) in [5.41, 5.74) is 2.39. The Bertz CT molecular complexity index is 454. The summed E-state index contributed by atoms with van der Waals surface area (Å²) in [7, 11) is 0. The fraction of sp³-hybridized carbons (Fsp3) is 0.706. The lowest BCUT2D eigenvalue weighted by Crippen LogP contribution is -2.00. The molecule has 0 bridgehead atoms. The van der Waals surface area contributed by atoms with Gasteiger partial charge in [-0.2, -0.15) is 5.10 Å². The van der Waals surface area contributed by atoms with Crippen molar-refractivity contribution in [1.29, 1.82) is 0 Å². The number of aromatic nitrogens is 5. The van der Waals surface area contributed by atoms with Crippen LogP contribution in [-0.4, -0.2) is 24.8 Å². The molecule has 0 saturated carbocycles. The maximum absolute atomic E-state index is 4.25. The second-order valence-corrected chi connectivity index (χ2v) is 6.87. The van der Waals surface area contributed by atoms with Gasteiger partial charge < -0.3 is 0 Å². The summed E-state index contributed by atoms with van der Waals surface area (Å²) < 4.78 is 3.88. The highest BCUT2D eigenvalue weighted by Gasteiger charge is 2.06. The van der Waals surface area contributed by atoms with E-state index < -0.39 is 0 Å². The Labute approximate surface area is 134 Å². The number of nitrogens with zero attached hydrogens (tertiary/aromatic N) is 5. The van der Waals surface area contributed by atoms with E-state index in [9.17, 15) is 0 Å². The highest BCUT2D eigenvalue weighted by molar-refractivity contribution is 5.08. The van der Waals surface area contributed by atoms with Crippen molar-refractivity contribution in [2.75, 3.05) is 0 Å². The number of hydrogen-bond acceptors (Lipinski definition) is 3. The van der Waals surface area contributed by atoms with Gasteiger partial charge in [-0.3, -0.25) is 4.68 Å². The average molecular weight is 305 g/mol. The maximum atomic E-state index is 4.25. The zero-order valence-electron chi connectivity index (χ0n) is 15.3. The van der Waals surface area contributed by atoms with Gasteiger partial charge in [-0.05, 0) is 45.1 Å². The Morgan fingerprint density at radius 3 is 1.64 bits per heavy atom. The smallest absolute Gasteiger partial charge is 0.0852 e. The predicted molar refractivity (Wildman–Crippen MR) is 91.2 cm³/mol. The van der Waals surface area contributed by atoms with Crippen LogP contribution in [0.1, 0.15) is 90.6 Å². The molecular formula is C17H31N5. The van der Waals surface area contributed by atoms with E-state index in [4.69, 9.17) is 0 Å². The van der Waals surface area contributed by atoms with Crippen molar-refractivity contribution in [3.8, 4) is 0 Å². The molecule has 0 spiro atoms. The van der Waals surface area contributed by atoms with Crippen LogP contribution in [0.3, 0.4) is 0 Å². The van der Waals surface area contributed by atoms with E-state index >= 15 is 0 Å². The molecule has 2 aromatic heterocycles. The van der Waals surface area contributed by atoms with Crippen molar-refractivity contribution in [1.82, 2.24) is 24.8 Å². The molecular weight excluding hydrogens is 274 g/mol. The summed E-state index contributed by atoms with van der Waals surface area (Å²) in [6, 6.07) is 0.887. The number of hydrogen-bond donors (Lipinski definition) is 0. The van der Waals surface area contributed by atoms with Crippen molar-refractivity contribution in [2.24, 2.45) is 0 Å².